The Hall–Kier alpha value is -2.10. The van der Waals surface area contributed by atoms with E-state index in [1.165, 1.54) is 13.2 Å². The van der Waals surface area contributed by atoms with Gasteiger partial charge in [0.2, 0.25) is 0 Å². The van der Waals surface area contributed by atoms with Gasteiger partial charge in [0.15, 0.2) is 5.96 Å². The summed E-state index contributed by atoms with van der Waals surface area (Å²) < 4.78 is 34.8. The van der Waals surface area contributed by atoms with Crippen molar-refractivity contribution in [3.8, 4) is 11.5 Å². The normalized spacial score (nSPS) is 10.9. The predicted octanol–water partition coefficient (Wildman–Crippen LogP) is 3.78. The fraction of sp³-hybridized carbons (Fsp3) is 0.278. The van der Waals surface area contributed by atoms with Crippen molar-refractivity contribution < 1.29 is 18.3 Å². The summed E-state index contributed by atoms with van der Waals surface area (Å²) in [6.45, 7) is -2.03. The number of methoxy groups -OCH3 is 1. The first kappa shape index (κ1) is 21.9. The summed E-state index contributed by atoms with van der Waals surface area (Å²) in [5.74, 6) is 1.21. The van der Waals surface area contributed by atoms with Crippen LogP contribution in [0.4, 0.5) is 8.78 Å². The van der Waals surface area contributed by atoms with E-state index in [0.717, 1.165) is 5.56 Å². The molecule has 142 valence electrons. The summed E-state index contributed by atoms with van der Waals surface area (Å²) in [5, 5.41) is 6.24. The molecule has 8 heteroatoms. The van der Waals surface area contributed by atoms with Crippen LogP contribution in [0.25, 0.3) is 0 Å². The monoisotopic (exact) mass is 477 g/mol. The molecule has 5 nitrogen and oxygen atoms in total. The van der Waals surface area contributed by atoms with Gasteiger partial charge < -0.3 is 20.1 Å². The largest absolute Gasteiger partial charge is 0.497 e. The summed E-state index contributed by atoms with van der Waals surface area (Å²) in [5.41, 5.74) is 1.65. The van der Waals surface area contributed by atoms with Gasteiger partial charge in [-0.1, -0.05) is 30.3 Å². The molecular weight excluding hydrogens is 455 g/mol. The number of ether oxygens (including phenoxy) is 2. The Balaban J connectivity index is 0.00000338. The van der Waals surface area contributed by atoms with Crippen molar-refractivity contribution >= 4 is 29.9 Å². The molecule has 0 saturated carbocycles. The molecule has 2 N–H and O–H groups in total. The van der Waals surface area contributed by atoms with Crippen LogP contribution in [0.15, 0.2) is 53.5 Å². The smallest absolute Gasteiger partial charge is 0.387 e. The van der Waals surface area contributed by atoms with Crippen molar-refractivity contribution in [3.05, 3.63) is 59.7 Å². The standard InChI is InChI=1S/C18H21F2N3O2.HI/c1-21-18(22-11-13-6-4-3-5-7-13)23-12-14-10-15(24-2)8-9-16(14)25-17(19)20;/h3-10,17H,11-12H2,1-2H3,(H2,21,22,23);1H. The molecule has 0 saturated heterocycles. The van der Waals surface area contributed by atoms with Crippen LogP contribution in [0.3, 0.4) is 0 Å². The first-order chi connectivity index (χ1) is 12.1. The van der Waals surface area contributed by atoms with E-state index < -0.39 is 6.61 Å². The Morgan fingerprint density at radius 1 is 1.08 bits per heavy atom. The number of guanidine groups is 1. The molecule has 2 aromatic carbocycles. The molecule has 26 heavy (non-hydrogen) atoms. The number of aliphatic imine (C=N–C) groups is 1. The Morgan fingerprint density at radius 3 is 2.38 bits per heavy atom. The Bertz CT molecular complexity index is 700. The minimum atomic E-state index is -2.89. The van der Waals surface area contributed by atoms with E-state index in [4.69, 9.17) is 4.74 Å². The fourth-order valence-electron chi connectivity index (χ4n) is 2.21. The highest BCUT2D eigenvalue weighted by atomic mass is 127. The van der Waals surface area contributed by atoms with Crippen LogP contribution in [-0.4, -0.2) is 26.7 Å². The van der Waals surface area contributed by atoms with Crippen LogP contribution in [0.1, 0.15) is 11.1 Å². The van der Waals surface area contributed by atoms with Crippen molar-refractivity contribution in [3.63, 3.8) is 0 Å². The Morgan fingerprint density at radius 2 is 1.77 bits per heavy atom. The maximum atomic E-state index is 12.5. The van der Waals surface area contributed by atoms with E-state index in [9.17, 15) is 8.78 Å². The zero-order valence-electron chi connectivity index (χ0n) is 14.5. The number of alkyl halides is 2. The van der Waals surface area contributed by atoms with Gasteiger partial charge >= 0.3 is 6.61 Å². The number of halogens is 3. The lowest BCUT2D eigenvalue weighted by atomic mass is 10.2. The third-order valence-corrected chi connectivity index (χ3v) is 3.46. The second-order valence-corrected chi connectivity index (χ2v) is 5.12. The number of nitrogens with zero attached hydrogens (tertiary/aromatic N) is 1. The van der Waals surface area contributed by atoms with Gasteiger partial charge in [-0.15, -0.1) is 24.0 Å². The minimum Gasteiger partial charge on any atom is -0.497 e. The maximum absolute atomic E-state index is 12.5. The van der Waals surface area contributed by atoms with Crippen LogP contribution in [0, 0.1) is 0 Å². The molecule has 0 bridgehead atoms. The summed E-state index contributed by atoms with van der Waals surface area (Å²) in [7, 11) is 3.16. The van der Waals surface area contributed by atoms with Crippen molar-refractivity contribution in [1.82, 2.24) is 10.6 Å². The average Bonchev–Trinajstić information content (AvgIpc) is 2.63. The highest BCUT2D eigenvalue weighted by molar-refractivity contribution is 14.0. The summed E-state index contributed by atoms with van der Waals surface area (Å²) in [6, 6.07) is 14.5. The van der Waals surface area contributed by atoms with Crippen molar-refractivity contribution in [1.29, 1.82) is 0 Å². The first-order valence-electron chi connectivity index (χ1n) is 7.72. The van der Waals surface area contributed by atoms with E-state index >= 15 is 0 Å². The highest BCUT2D eigenvalue weighted by Crippen LogP contribution is 2.25. The molecule has 0 aliphatic carbocycles. The summed E-state index contributed by atoms with van der Waals surface area (Å²) in [6.07, 6.45) is 0. The van der Waals surface area contributed by atoms with E-state index in [0.29, 0.717) is 23.8 Å². The predicted molar refractivity (Wildman–Crippen MR) is 109 cm³/mol. The van der Waals surface area contributed by atoms with Gasteiger partial charge in [-0.05, 0) is 23.8 Å². The maximum Gasteiger partial charge on any atom is 0.387 e. The lowest BCUT2D eigenvalue weighted by Gasteiger charge is -2.15. The van der Waals surface area contributed by atoms with Gasteiger partial charge in [-0.2, -0.15) is 8.78 Å². The van der Waals surface area contributed by atoms with Gasteiger partial charge in [0.25, 0.3) is 0 Å². The first-order valence-corrected chi connectivity index (χ1v) is 7.72. The van der Waals surface area contributed by atoms with Crippen molar-refractivity contribution in [2.24, 2.45) is 4.99 Å². The van der Waals surface area contributed by atoms with Crippen LogP contribution in [0.2, 0.25) is 0 Å². The lowest BCUT2D eigenvalue weighted by molar-refractivity contribution is -0.0504. The van der Waals surface area contributed by atoms with Gasteiger partial charge in [-0.3, -0.25) is 4.99 Å². The van der Waals surface area contributed by atoms with Gasteiger partial charge in [0.05, 0.1) is 7.11 Å². The number of hydrogen-bond acceptors (Lipinski definition) is 3. The molecule has 0 amide bonds. The number of benzene rings is 2. The Labute approximate surface area is 168 Å². The second kappa shape index (κ2) is 11.5. The minimum absolute atomic E-state index is 0. The molecule has 0 unspecified atom stereocenters. The molecular formula is C18H22F2IN3O2. The van der Waals surface area contributed by atoms with Crippen molar-refractivity contribution in [2.45, 2.75) is 19.7 Å². The molecule has 0 aliphatic heterocycles. The molecule has 0 atom stereocenters. The van der Waals surface area contributed by atoms with E-state index in [2.05, 4.69) is 20.4 Å². The fourth-order valence-corrected chi connectivity index (χ4v) is 2.21. The van der Waals surface area contributed by atoms with Crippen LogP contribution < -0.4 is 20.1 Å². The quantitative estimate of drug-likeness (QED) is 0.362. The van der Waals surface area contributed by atoms with Crippen LogP contribution >= 0.6 is 24.0 Å². The third kappa shape index (κ3) is 7.03. The topological polar surface area (TPSA) is 54.9 Å². The SMILES string of the molecule is CN=C(NCc1ccccc1)NCc1cc(OC)ccc1OC(F)F.I. The molecule has 0 spiro atoms. The van der Waals surface area contributed by atoms with Gasteiger partial charge in [0, 0.05) is 25.7 Å². The molecule has 0 fully saturated rings. The van der Waals surface area contributed by atoms with E-state index in [-0.39, 0.29) is 36.3 Å². The van der Waals surface area contributed by atoms with E-state index in [1.807, 2.05) is 30.3 Å². The number of hydrogen-bond donors (Lipinski definition) is 2. The average molecular weight is 477 g/mol. The van der Waals surface area contributed by atoms with E-state index in [1.54, 1.807) is 19.2 Å². The number of rotatable bonds is 7. The Kier molecular flexibility index (Phi) is 9.71. The lowest BCUT2D eigenvalue weighted by Crippen LogP contribution is -2.36. The number of nitrogens with one attached hydrogen (secondary N) is 2. The molecule has 0 radical (unpaired) electrons. The summed E-state index contributed by atoms with van der Waals surface area (Å²) >= 11 is 0. The molecule has 2 rings (SSSR count). The molecule has 0 aliphatic rings. The van der Waals surface area contributed by atoms with Crippen LogP contribution in [-0.2, 0) is 13.1 Å². The highest BCUT2D eigenvalue weighted by Gasteiger charge is 2.11. The molecule has 0 aromatic heterocycles. The molecule has 0 heterocycles. The molecule has 2 aromatic rings. The van der Waals surface area contributed by atoms with Crippen molar-refractivity contribution in [2.75, 3.05) is 14.2 Å². The summed E-state index contributed by atoms with van der Waals surface area (Å²) in [4.78, 5) is 4.13. The van der Waals surface area contributed by atoms with Gasteiger partial charge in [-0.25, -0.2) is 0 Å². The van der Waals surface area contributed by atoms with Gasteiger partial charge in [0.1, 0.15) is 11.5 Å². The second-order valence-electron chi connectivity index (χ2n) is 5.12. The third-order valence-electron chi connectivity index (χ3n) is 3.46. The van der Waals surface area contributed by atoms with Crippen LogP contribution in [0.5, 0.6) is 11.5 Å². The zero-order valence-corrected chi connectivity index (χ0v) is 16.9. The zero-order chi connectivity index (χ0) is 18.1.